The lowest BCUT2D eigenvalue weighted by atomic mass is 10.1. The number of nitrogens with zero attached hydrogens (tertiary/aromatic N) is 1. The summed E-state index contributed by atoms with van der Waals surface area (Å²) in [5.74, 6) is -0.0350. The van der Waals surface area contributed by atoms with Gasteiger partial charge in [-0.25, -0.2) is 0 Å². The molecule has 1 atom stereocenters. The fraction of sp³-hybridized carbons (Fsp3) is 0.467. The third kappa shape index (κ3) is 5.40. The summed E-state index contributed by atoms with van der Waals surface area (Å²) in [6.07, 6.45) is 1.46. The molecular formula is C15H23N3O2. The zero-order valence-corrected chi connectivity index (χ0v) is 12.3. The molecule has 1 aromatic rings. The monoisotopic (exact) mass is 277 g/mol. The molecule has 1 rings (SSSR count). The Morgan fingerprint density at radius 3 is 2.35 bits per heavy atom. The smallest absolute Gasteiger partial charge is 0.226 e. The molecule has 5 heteroatoms. The molecule has 0 spiro atoms. The molecule has 0 aliphatic rings. The molecule has 110 valence electrons. The van der Waals surface area contributed by atoms with Crippen LogP contribution in [0.2, 0.25) is 0 Å². The molecule has 0 heterocycles. The van der Waals surface area contributed by atoms with Gasteiger partial charge in [-0.1, -0.05) is 19.1 Å². The average molecular weight is 277 g/mol. The highest BCUT2D eigenvalue weighted by Crippen LogP contribution is 2.11. The molecular weight excluding hydrogens is 254 g/mol. The van der Waals surface area contributed by atoms with Crippen molar-refractivity contribution < 1.29 is 9.59 Å². The van der Waals surface area contributed by atoms with E-state index in [0.717, 1.165) is 17.7 Å². The van der Waals surface area contributed by atoms with Crippen LogP contribution in [0.5, 0.6) is 0 Å². The van der Waals surface area contributed by atoms with E-state index in [1.165, 1.54) is 0 Å². The molecule has 0 radical (unpaired) electrons. The Kier molecular flexibility index (Phi) is 6.18. The van der Waals surface area contributed by atoms with Crippen LogP contribution >= 0.6 is 0 Å². The number of hydrogen-bond donors (Lipinski definition) is 2. The van der Waals surface area contributed by atoms with Crippen LogP contribution in [0.4, 0.5) is 5.69 Å². The molecule has 20 heavy (non-hydrogen) atoms. The summed E-state index contributed by atoms with van der Waals surface area (Å²) in [6, 6.07) is 7.18. The highest BCUT2D eigenvalue weighted by atomic mass is 16.2. The first kappa shape index (κ1) is 16.2. The lowest BCUT2D eigenvalue weighted by Crippen LogP contribution is -2.26. The summed E-state index contributed by atoms with van der Waals surface area (Å²) in [7, 11) is 3.46. The van der Waals surface area contributed by atoms with Crippen LogP contribution in [0.1, 0.15) is 25.3 Å². The topological polar surface area (TPSA) is 75.4 Å². The number of benzene rings is 1. The Labute approximate surface area is 120 Å². The molecule has 3 N–H and O–H groups in total. The molecule has 0 fully saturated rings. The summed E-state index contributed by atoms with van der Waals surface area (Å²) in [5.41, 5.74) is 7.38. The molecule has 0 saturated carbocycles. The van der Waals surface area contributed by atoms with Crippen molar-refractivity contribution in [3.05, 3.63) is 29.8 Å². The van der Waals surface area contributed by atoms with Crippen molar-refractivity contribution in [2.45, 2.75) is 32.2 Å². The standard InChI is InChI=1S/C15H23N3O2/c1-4-12(16)10-14(19)17-13-7-5-11(6-8-13)9-15(20)18(2)3/h5-8,12H,4,9-10,16H2,1-3H3,(H,17,19). The maximum absolute atomic E-state index is 11.7. The number of nitrogens with two attached hydrogens (primary N) is 1. The van der Waals surface area contributed by atoms with Gasteiger partial charge < -0.3 is 16.0 Å². The van der Waals surface area contributed by atoms with Crippen LogP contribution in [0, 0.1) is 0 Å². The minimum absolute atomic E-state index is 0.0516. The normalized spacial score (nSPS) is 11.8. The second-order valence-corrected chi connectivity index (χ2v) is 5.08. The Bertz CT molecular complexity index is 455. The van der Waals surface area contributed by atoms with E-state index in [4.69, 9.17) is 5.73 Å². The minimum atomic E-state index is -0.105. The van der Waals surface area contributed by atoms with Gasteiger partial charge in [-0.05, 0) is 24.1 Å². The predicted molar refractivity (Wildman–Crippen MR) is 80.4 cm³/mol. The number of carbonyl (C=O) groups is 2. The van der Waals surface area contributed by atoms with Crippen molar-refractivity contribution in [1.29, 1.82) is 0 Å². The number of hydrogen-bond acceptors (Lipinski definition) is 3. The Morgan fingerprint density at radius 2 is 1.85 bits per heavy atom. The molecule has 0 saturated heterocycles. The quantitative estimate of drug-likeness (QED) is 0.825. The van der Waals surface area contributed by atoms with Gasteiger partial charge in [0, 0.05) is 32.2 Å². The van der Waals surface area contributed by atoms with Crippen molar-refractivity contribution in [1.82, 2.24) is 4.90 Å². The summed E-state index contributed by atoms with van der Waals surface area (Å²) < 4.78 is 0. The second kappa shape index (κ2) is 7.65. The summed E-state index contributed by atoms with van der Waals surface area (Å²) in [6.45, 7) is 1.95. The maximum atomic E-state index is 11.7. The van der Waals surface area contributed by atoms with Crippen LogP contribution in [0.3, 0.4) is 0 Å². The van der Waals surface area contributed by atoms with Crippen LogP contribution in [-0.2, 0) is 16.0 Å². The van der Waals surface area contributed by atoms with Gasteiger partial charge in [0.15, 0.2) is 0 Å². The number of rotatable bonds is 6. The van der Waals surface area contributed by atoms with E-state index in [9.17, 15) is 9.59 Å². The first-order chi connectivity index (χ1) is 9.42. The molecule has 5 nitrogen and oxygen atoms in total. The number of amides is 2. The molecule has 0 aliphatic heterocycles. The lowest BCUT2D eigenvalue weighted by molar-refractivity contribution is -0.128. The van der Waals surface area contributed by atoms with Gasteiger partial charge in [0.25, 0.3) is 0 Å². The number of nitrogens with one attached hydrogen (secondary N) is 1. The lowest BCUT2D eigenvalue weighted by Gasteiger charge is -2.11. The van der Waals surface area contributed by atoms with E-state index in [-0.39, 0.29) is 17.9 Å². The van der Waals surface area contributed by atoms with Gasteiger partial charge in [0.05, 0.1) is 6.42 Å². The second-order valence-electron chi connectivity index (χ2n) is 5.08. The third-order valence-electron chi connectivity index (χ3n) is 3.06. The van der Waals surface area contributed by atoms with Crippen molar-refractivity contribution in [2.24, 2.45) is 5.73 Å². The highest BCUT2D eigenvalue weighted by Gasteiger charge is 2.09. The first-order valence-corrected chi connectivity index (χ1v) is 6.77. The molecule has 0 aromatic heterocycles. The van der Waals surface area contributed by atoms with E-state index in [0.29, 0.717) is 12.8 Å². The largest absolute Gasteiger partial charge is 0.349 e. The summed E-state index contributed by atoms with van der Waals surface area (Å²) >= 11 is 0. The fourth-order valence-electron chi connectivity index (χ4n) is 1.63. The fourth-order valence-corrected chi connectivity index (χ4v) is 1.63. The number of anilines is 1. The van der Waals surface area contributed by atoms with E-state index in [2.05, 4.69) is 5.32 Å². The molecule has 1 aromatic carbocycles. The van der Waals surface area contributed by atoms with Crippen molar-refractivity contribution >= 4 is 17.5 Å². The zero-order chi connectivity index (χ0) is 15.1. The maximum Gasteiger partial charge on any atom is 0.226 e. The van der Waals surface area contributed by atoms with Crippen LogP contribution in [-0.4, -0.2) is 36.9 Å². The SMILES string of the molecule is CCC(N)CC(=O)Nc1ccc(CC(=O)N(C)C)cc1. The minimum Gasteiger partial charge on any atom is -0.349 e. The zero-order valence-electron chi connectivity index (χ0n) is 12.3. The predicted octanol–water partition coefficient (Wildman–Crippen LogP) is 1.38. The number of carbonyl (C=O) groups excluding carboxylic acids is 2. The highest BCUT2D eigenvalue weighted by molar-refractivity contribution is 5.91. The summed E-state index contributed by atoms with van der Waals surface area (Å²) in [5, 5.41) is 2.80. The van der Waals surface area contributed by atoms with Crippen LogP contribution < -0.4 is 11.1 Å². The van der Waals surface area contributed by atoms with Crippen molar-refractivity contribution in [3.63, 3.8) is 0 Å². The van der Waals surface area contributed by atoms with Gasteiger partial charge in [-0.2, -0.15) is 0 Å². The molecule has 1 unspecified atom stereocenters. The third-order valence-corrected chi connectivity index (χ3v) is 3.06. The molecule has 0 bridgehead atoms. The van der Waals surface area contributed by atoms with Crippen molar-refractivity contribution in [2.75, 3.05) is 19.4 Å². The van der Waals surface area contributed by atoms with E-state index < -0.39 is 0 Å². The van der Waals surface area contributed by atoms with Crippen LogP contribution in [0.15, 0.2) is 24.3 Å². The Hall–Kier alpha value is -1.88. The van der Waals surface area contributed by atoms with Crippen molar-refractivity contribution in [3.8, 4) is 0 Å². The molecule has 2 amide bonds. The van der Waals surface area contributed by atoms with E-state index in [1.54, 1.807) is 31.1 Å². The van der Waals surface area contributed by atoms with E-state index in [1.807, 2.05) is 19.1 Å². The molecule has 0 aliphatic carbocycles. The van der Waals surface area contributed by atoms with Crippen LogP contribution in [0.25, 0.3) is 0 Å². The van der Waals surface area contributed by atoms with Gasteiger partial charge in [-0.15, -0.1) is 0 Å². The van der Waals surface area contributed by atoms with Gasteiger partial charge >= 0.3 is 0 Å². The summed E-state index contributed by atoms with van der Waals surface area (Å²) in [4.78, 5) is 24.8. The Balaban J connectivity index is 2.54. The first-order valence-electron chi connectivity index (χ1n) is 6.77. The van der Waals surface area contributed by atoms with E-state index >= 15 is 0 Å². The van der Waals surface area contributed by atoms with Gasteiger partial charge in [0.1, 0.15) is 0 Å². The van der Waals surface area contributed by atoms with Gasteiger partial charge in [-0.3, -0.25) is 9.59 Å². The number of likely N-dealkylation sites (N-methyl/N-ethyl adjacent to an activating group) is 1. The van der Waals surface area contributed by atoms with Gasteiger partial charge in [0.2, 0.25) is 11.8 Å². The average Bonchev–Trinajstić information content (AvgIpc) is 2.40. The Morgan fingerprint density at radius 1 is 1.25 bits per heavy atom.